The summed E-state index contributed by atoms with van der Waals surface area (Å²) in [7, 11) is -3.49. The number of fused-ring (bicyclic) bond motifs is 2. The van der Waals surface area contributed by atoms with E-state index in [9.17, 15) is 8.42 Å². The summed E-state index contributed by atoms with van der Waals surface area (Å²) < 4.78 is 44.9. The van der Waals surface area contributed by atoms with E-state index in [1.54, 1.807) is 12.1 Å². The van der Waals surface area contributed by atoms with Crippen LogP contribution in [0.5, 0.6) is 17.2 Å². The largest absolute Gasteiger partial charge is 0.493 e. The summed E-state index contributed by atoms with van der Waals surface area (Å²) in [4.78, 5) is 2.69. The van der Waals surface area contributed by atoms with Crippen molar-refractivity contribution in [2.75, 3.05) is 31.8 Å². The third-order valence-corrected chi connectivity index (χ3v) is 7.62. The Morgan fingerprint density at radius 1 is 1.13 bits per heavy atom. The number of anilines is 1. The van der Waals surface area contributed by atoms with Gasteiger partial charge in [-0.25, -0.2) is 8.42 Å². The van der Waals surface area contributed by atoms with Crippen LogP contribution in [0.2, 0.25) is 0 Å². The second-order valence-electron chi connectivity index (χ2n) is 8.10. The topological polar surface area (TPSA) is 89.1 Å². The van der Waals surface area contributed by atoms with Gasteiger partial charge in [-0.05, 0) is 57.0 Å². The Labute approximate surface area is 182 Å². The smallest absolute Gasteiger partial charge is 0.244 e. The summed E-state index contributed by atoms with van der Waals surface area (Å²) in [6, 6.07) is 11.0. The lowest BCUT2D eigenvalue weighted by molar-refractivity contribution is 0.161. The molecule has 0 aromatic heterocycles. The van der Waals surface area contributed by atoms with Crippen molar-refractivity contribution in [3.63, 3.8) is 0 Å². The predicted octanol–water partition coefficient (Wildman–Crippen LogP) is 2.76. The zero-order chi connectivity index (χ0) is 21.4. The SMILES string of the molecule is CCOc1cc2c(cc1CN1CCC(C3Nc4ccccc4S(=O)(=O)N3)CC1)OCO2. The van der Waals surface area contributed by atoms with Crippen LogP contribution >= 0.6 is 0 Å². The van der Waals surface area contributed by atoms with E-state index >= 15 is 0 Å². The molecule has 8 nitrogen and oxygen atoms in total. The third-order valence-electron chi connectivity index (χ3n) is 6.12. The maximum atomic E-state index is 12.6. The number of ether oxygens (including phenoxy) is 3. The zero-order valence-electron chi connectivity index (χ0n) is 17.5. The van der Waals surface area contributed by atoms with Crippen LogP contribution in [0, 0.1) is 5.92 Å². The van der Waals surface area contributed by atoms with E-state index in [4.69, 9.17) is 14.2 Å². The van der Waals surface area contributed by atoms with E-state index < -0.39 is 10.0 Å². The van der Waals surface area contributed by atoms with Gasteiger partial charge in [0.25, 0.3) is 0 Å². The molecule has 166 valence electrons. The fourth-order valence-corrected chi connectivity index (χ4v) is 5.91. The van der Waals surface area contributed by atoms with Crippen LogP contribution in [0.15, 0.2) is 41.3 Å². The lowest BCUT2D eigenvalue weighted by Gasteiger charge is -2.39. The lowest BCUT2D eigenvalue weighted by Crippen LogP contribution is -2.51. The quantitative estimate of drug-likeness (QED) is 0.732. The highest BCUT2D eigenvalue weighted by molar-refractivity contribution is 7.89. The van der Waals surface area contributed by atoms with Gasteiger partial charge in [0.15, 0.2) is 11.5 Å². The van der Waals surface area contributed by atoms with Crippen molar-refractivity contribution in [3.05, 3.63) is 42.0 Å². The van der Waals surface area contributed by atoms with Gasteiger partial charge in [-0.1, -0.05) is 12.1 Å². The highest BCUT2D eigenvalue weighted by atomic mass is 32.2. The Kier molecular flexibility index (Phi) is 5.41. The van der Waals surface area contributed by atoms with Gasteiger partial charge < -0.3 is 19.5 Å². The molecule has 1 unspecified atom stereocenters. The van der Waals surface area contributed by atoms with Crippen LogP contribution in [0.3, 0.4) is 0 Å². The second-order valence-corrected chi connectivity index (χ2v) is 9.78. The molecule has 3 aliphatic heterocycles. The van der Waals surface area contributed by atoms with Gasteiger partial charge in [-0.3, -0.25) is 4.90 Å². The van der Waals surface area contributed by atoms with Crippen molar-refractivity contribution in [1.82, 2.24) is 9.62 Å². The molecule has 2 N–H and O–H groups in total. The van der Waals surface area contributed by atoms with Crippen LogP contribution in [0.1, 0.15) is 25.3 Å². The number of rotatable bonds is 5. The van der Waals surface area contributed by atoms with E-state index in [1.807, 2.05) is 31.2 Å². The van der Waals surface area contributed by atoms with E-state index in [0.717, 1.165) is 55.3 Å². The molecule has 3 aliphatic rings. The van der Waals surface area contributed by atoms with Crippen LogP contribution in [-0.4, -0.2) is 46.0 Å². The summed E-state index contributed by atoms with van der Waals surface area (Å²) in [5.74, 6) is 2.53. The average Bonchev–Trinajstić information content (AvgIpc) is 3.21. The monoisotopic (exact) mass is 445 g/mol. The van der Waals surface area contributed by atoms with Crippen molar-refractivity contribution >= 4 is 15.7 Å². The molecule has 31 heavy (non-hydrogen) atoms. The Morgan fingerprint density at radius 3 is 2.65 bits per heavy atom. The maximum Gasteiger partial charge on any atom is 0.244 e. The average molecular weight is 446 g/mol. The number of sulfonamides is 1. The van der Waals surface area contributed by atoms with Crippen molar-refractivity contribution in [2.45, 2.75) is 37.4 Å². The van der Waals surface area contributed by atoms with Crippen molar-refractivity contribution < 1.29 is 22.6 Å². The lowest BCUT2D eigenvalue weighted by atomic mass is 9.93. The Morgan fingerprint density at radius 2 is 1.87 bits per heavy atom. The molecule has 1 saturated heterocycles. The van der Waals surface area contributed by atoms with Gasteiger partial charge in [0.05, 0.1) is 18.5 Å². The first-order valence-electron chi connectivity index (χ1n) is 10.7. The van der Waals surface area contributed by atoms with Crippen LogP contribution in [0.4, 0.5) is 5.69 Å². The van der Waals surface area contributed by atoms with E-state index in [0.29, 0.717) is 17.2 Å². The first-order valence-corrected chi connectivity index (χ1v) is 12.2. The molecule has 0 amide bonds. The molecule has 2 aromatic rings. The normalized spacial score (nSPS) is 22.5. The van der Waals surface area contributed by atoms with Crippen LogP contribution < -0.4 is 24.2 Å². The molecule has 9 heteroatoms. The number of hydrogen-bond donors (Lipinski definition) is 2. The van der Waals surface area contributed by atoms with Gasteiger partial charge in [-0.2, -0.15) is 4.72 Å². The fourth-order valence-electron chi connectivity index (χ4n) is 4.53. The number of hydrogen-bond acceptors (Lipinski definition) is 7. The minimum atomic E-state index is -3.49. The van der Waals surface area contributed by atoms with Gasteiger partial charge in [0.1, 0.15) is 10.6 Å². The number of para-hydroxylation sites is 1. The molecule has 5 rings (SSSR count). The van der Waals surface area contributed by atoms with Crippen LogP contribution in [-0.2, 0) is 16.6 Å². The molecular formula is C22H27N3O5S. The third kappa shape index (κ3) is 4.05. The molecule has 3 heterocycles. The first-order chi connectivity index (χ1) is 15.0. The Balaban J connectivity index is 1.25. The number of piperidine rings is 1. The minimum absolute atomic E-state index is 0.225. The highest BCUT2D eigenvalue weighted by Gasteiger charge is 2.35. The van der Waals surface area contributed by atoms with Crippen molar-refractivity contribution in [3.8, 4) is 17.2 Å². The minimum Gasteiger partial charge on any atom is -0.493 e. The molecule has 1 atom stereocenters. The highest BCUT2D eigenvalue weighted by Crippen LogP contribution is 2.39. The molecule has 0 saturated carbocycles. The standard InChI is InChI=1S/C22H27N3O5S/c1-2-28-18-12-20-19(29-14-30-20)11-16(18)13-25-9-7-15(8-10-25)22-23-17-5-3-4-6-21(17)31(26,27)24-22/h3-6,11-12,15,22-24H,2,7-10,13-14H2,1H3. The van der Waals surface area contributed by atoms with E-state index in [2.05, 4.69) is 14.9 Å². The molecule has 0 spiro atoms. The Hall–Kier alpha value is -2.49. The van der Waals surface area contributed by atoms with Gasteiger partial charge in [0.2, 0.25) is 16.8 Å². The predicted molar refractivity (Wildman–Crippen MR) is 116 cm³/mol. The number of benzene rings is 2. The van der Waals surface area contributed by atoms with Crippen LogP contribution in [0.25, 0.3) is 0 Å². The molecule has 0 aliphatic carbocycles. The van der Waals surface area contributed by atoms with Gasteiger partial charge in [0, 0.05) is 18.2 Å². The van der Waals surface area contributed by atoms with Gasteiger partial charge >= 0.3 is 0 Å². The number of nitrogens with zero attached hydrogens (tertiary/aromatic N) is 1. The molecule has 1 fully saturated rings. The second kappa shape index (κ2) is 8.22. The van der Waals surface area contributed by atoms with Gasteiger partial charge in [-0.15, -0.1) is 0 Å². The summed E-state index contributed by atoms with van der Waals surface area (Å²) in [5.41, 5.74) is 1.75. The summed E-state index contributed by atoms with van der Waals surface area (Å²) >= 11 is 0. The summed E-state index contributed by atoms with van der Waals surface area (Å²) in [6.45, 7) is 5.31. The number of likely N-dealkylation sites (tertiary alicyclic amines) is 1. The summed E-state index contributed by atoms with van der Waals surface area (Å²) in [6.07, 6.45) is 1.51. The molecule has 0 bridgehead atoms. The maximum absolute atomic E-state index is 12.6. The van der Waals surface area contributed by atoms with Crippen molar-refractivity contribution in [1.29, 1.82) is 0 Å². The Bertz CT molecular complexity index is 1070. The summed E-state index contributed by atoms with van der Waals surface area (Å²) in [5, 5.41) is 3.38. The van der Waals surface area contributed by atoms with Crippen molar-refractivity contribution in [2.24, 2.45) is 5.92 Å². The first kappa shape index (κ1) is 20.4. The number of nitrogens with one attached hydrogen (secondary N) is 2. The molecule has 0 radical (unpaired) electrons. The fraction of sp³-hybridized carbons (Fsp3) is 0.455. The van der Waals surface area contributed by atoms with E-state index in [-0.39, 0.29) is 18.9 Å². The zero-order valence-corrected chi connectivity index (χ0v) is 18.3. The molecular weight excluding hydrogens is 418 g/mol. The van der Waals surface area contributed by atoms with E-state index in [1.165, 1.54) is 0 Å². The molecule has 2 aromatic carbocycles.